The van der Waals surface area contributed by atoms with Crippen LogP contribution in [0.4, 0.5) is 13.9 Å². The molecule has 1 saturated heterocycles. The molecule has 0 unspecified atom stereocenters. The van der Waals surface area contributed by atoms with Gasteiger partial charge in [0, 0.05) is 43.2 Å². The topological polar surface area (TPSA) is 62.7 Å². The molecule has 30 heavy (non-hydrogen) atoms. The Morgan fingerprint density at radius 2 is 1.63 bits per heavy atom. The molecule has 0 saturated carbocycles. The molecule has 0 radical (unpaired) electrons. The summed E-state index contributed by atoms with van der Waals surface area (Å²) in [5, 5.41) is 2.43. The van der Waals surface area contributed by atoms with Crippen LogP contribution in [0.1, 0.15) is 0 Å². The number of rotatable bonds is 5. The van der Waals surface area contributed by atoms with Crippen molar-refractivity contribution in [3.63, 3.8) is 0 Å². The molecule has 2 heterocycles. The number of hydrogen-bond acceptors (Lipinski definition) is 6. The van der Waals surface area contributed by atoms with Gasteiger partial charge < -0.3 is 9.64 Å². The lowest BCUT2D eigenvalue weighted by molar-refractivity contribution is 0.384. The van der Waals surface area contributed by atoms with Crippen LogP contribution in [-0.2, 0) is 10.0 Å². The van der Waals surface area contributed by atoms with Crippen LogP contribution in [0, 0.1) is 11.6 Å². The van der Waals surface area contributed by atoms with Gasteiger partial charge in [0.05, 0.1) is 17.7 Å². The molecule has 0 bridgehead atoms. The van der Waals surface area contributed by atoms with E-state index in [1.165, 1.54) is 47.0 Å². The van der Waals surface area contributed by atoms with Gasteiger partial charge in [-0.15, -0.1) is 11.3 Å². The van der Waals surface area contributed by atoms with Crippen molar-refractivity contribution >= 4 is 26.5 Å². The molecule has 6 nitrogen and oxygen atoms in total. The zero-order valence-corrected chi connectivity index (χ0v) is 17.7. The van der Waals surface area contributed by atoms with Crippen LogP contribution in [0.15, 0.2) is 52.7 Å². The Hall–Kier alpha value is -2.56. The van der Waals surface area contributed by atoms with Crippen LogP contribution >= 0.6 is 11.3 Å². The number of aromatic nitrogens is 1. The quantitative estimate of drug-likeness (QED) is 0.593. The van der Waals surface area contributed by atoms with Crippen LogP contribution in [0.25, 0.3) is 11.3 Å². The first kappa shape index (κ1) is 20.7. The molecule has 4 rings (SSSR count). The first-order valence-electron chi connectivity index (χ1n) is 9.18. The number of anilines is 1. The number of thiazole rings is 1. The van der Waals surface area contributed by atoms with Crippen LogP contribution in [0.2, 0.25) is 0 Å². The lowest BCUT2D eigenvalue weighted by Gasteiger charge is -2.33. The van der Waals surface area contributed by atoms with Gasteiger partial charge in [0.15, 0.2) is 5.13 Å². The normalized spacial score (nSPS) is 15.4. The zero-order valence-electron chi connectivity index (χ0n) is 16.1. The average molecular weight is 452 g/mol. The monoisotopic (exact) mass is 451 g/mol. The van der Waals surface area contributed by atoms with Gasteiger partial charge >= 0.3 is 0 Å². The van der Waals surface area contributed by atoms with Crippen LogP contribution in [0.5, 0.6) is 5.75 Å². The predicted molar refractivity (Wildman–Crippen MR) is 111 cm³/mol. The standard InChI is InChI=1S/C20H19F2N3O3S2/c1-28-17-2-4-18(5-3-17)30(26,27)25-8-6-24(7-9-25)20-23-19(13-29-20)14-10-15(21)12-16(22)11-14/h2-5,10-13H,6-9H2,1H3. The fourth-order valence-corrected chi connectivity index (χ4v) is 5.57. The van der Waals surface area contributed by atoms with Crippen LogP contribution in [-0.4, -0.2) is 51.0 Å². The van der Waals surface area contributed by atoms with E-state index in [0.717, 1.165) is 6.07 Å². The van der Waals surface area contributed by atoms with Crippen molar-refractivity contribution in [2.75, 3.05) is 38.2 Å². The number of hydrogen-bond donors (Lipinski definition) is 0. The first-order chi connectivity index (χ1) is 14.4. The number of halogens is 2. The smallest absolute Gasteiger partial charge is 0.243 e. The Balaban J connectivity index is 1.45. The van der Waals surface area contributed by atoms with E-state index in [1.54, 1.807) is 17.5 Å². The number of sulfonamides is 1. The minimum Gasteiger partial charge on any atom is -0.497 e. The Morgan fingerprint density at radius 1 is 1.00 bits per heavy atom. The van der Waals surface area contributed by atoms with E-state index >= 15 is 0 Å². The molecular formula is C20H19F2N3O3S2. The van der Waals surface area contributed by atoms with Crippen LogP contribution in [0.3, 0.4) is 0 Å². The molecule has 0 aliphatic carbocycles. The van der Waals surface area contributed by atoms with Crippen molar-refractivity contribution in [1.29, 1.82) is 0 Å². The number of piperazine rings is 1. The zero-order chi connectivity index (χ0) is 21.3. The first-order valence-corrected chi connectivity index (χ1v) is 11.5. The molecule has 10 heteroatoms. The maximum absolute atomic E-state index is 13.5. The van der Waals surface area contributed by atoms with Gasteiger partial charge in [0.2, 0.25) is 10.0 Å². The maximum atomic E-state index is 13.5. The second kappa shape index (κ2) is 8.29. The lowest BCUT2D eigenvalue weighted by Crippen LogP contribution is -2.48. The highest BCUT2D eigenvalue weighted by Gasteiger charge is 2.29. The molecule has 1 aliphatic heterocycles. The highest BCUT2D eigenvalue weighted by molar-refractivity contribution is 7.89. The molecular weight excluding hydrogens is 432 g/mol. The molecule has 0 atom stereocenters. The molecule has 2 aromatic carbocycles. The molecule has 3 aromatic rings. The fraction of sp³-hybridized carbons (Fsp3) is 0.250. The van der Waals surface area contributed by atoms with E-state index in [9.17, 15) is 17.2 Å². The third-order valence-electron chi connectivity index (χ3n) is 4.86. The summed E-state index contributed by atoms with van der Waals surface area (Å²) in [6.07, 6.45) is 0. The van der Waals surface area contributed by atoms with Gasteiger partial charge in [0.25, 0.3) is 0 Å². The third kappa shape index (κ3) is 4.16. The highest BCUT2D eigenvalue weighted by Crippen LogP contribution is 2.30. The molecule has 0 amide bonds. The van der Waals surface area contributed by atoms with E-state index in [-0.39, 0.29) is 4.90 Å². The van der Waals surface area contributed by atoms with Gasteiger partial charge in [-0.1, -0.05) is 0 Å². The van der Waals surface area contributed by atoms with Gasteiger partial charge in [-0.2, -0.15) is 4.31 Å². The number of methoxy groups -OCH3 is 1. The predicted octanol–water partition coefficient (Wildman–Crippen LogP) is 3.61. The number of ether oxygens (including phenoxy) is 1. The van der Waals surface area contributed by atoms with E-state index in [2.05, 4.69) is 4.98 Å². The van der Waals surface area contributed by atoms with E-state index in [1.807, 2.05) is 4.90 Å². The summed E-state index contributed by atoms with van der Waals surface area (Å²) < 4.78 is 59.2. The summed E-state index contributed by atoms with van der Waals surface area (Å²) in [5.74, 6) is -0.717. The molecule has 0 spiro atoms. The van der Waals surface area contributed by atoms with Gasteiger partial charge in [-0.3, -0.25) is 0 Å². The molecule has 1 aliphatic rings. The summed E-state index contributed by atoms with van der Waals surface area (Å²) in [6, 6.07) is 9.60. The van der Waals surface area contributed by atoms with Crippen molar-refractivity contribution < 1.29 is 21.9 Å². The summed E-state index contributed by atoms with van der Waals surface area (Å²) in [7, 11) is -2.06. The van der Waals surface area contributed by atoms with Gasteiger partial charge in [-0.05, 0) is 36.4 Å². The summed E-state index contributed by atoms with van der Waals surface area (Å²) >= 11 is 1.36. The van der Waals surface area contributed by atoms with Gasteiger partial charge in [0.1, 0.15) is 17.4 Å². The molecule has 0 N–H and O–H groups in total. The minimum absolute atomic E-state index is 0.224. The number of nitrogens with zero attached hydrogens (tertiary/aromatic N) is 3. The molecule has 1 aromatic heterocycles. The Labute approximate surface area is 177 Å². The average Bonchev–Trinajstić information content (AvgIpc) is 3.23. The Bertz CT molecular complexity index is 1120. The second-order valence-corrected chi connectivity index (χ2v) is 9.51. The lowest BCUT2D eigenvalue weighted by atomic mass is 10.1. The third-order valence-corrected chi connectivity index (χ3v) is 7.67. The van der Waals surface area contributed by atoms with Crippen molar-refractivity contribution in [3.05, 3.63) is 59.5 Å². The maximum Gasteiger partial charge on any atom is 0.243 e. The second-order valence-electron chi connectivity index (χ2n) is 6.74. The summed E-state index contributed by atoms with van der Waals surface area (Å²) in [4.78, 5) is 6.68. The van der Waals surface area contributed by atoms with E-state index < -0.39 is 21.7 Å². The van der Waals surface area contributed by atoms with Crippen molar-refractivity contribution in [1.82, 2.24) is 9.29 Å². The van der Waals surface area contributed by atoms with Crippen molar-refractivity contribution in [2.24, 2.45) is 0 Å². The Kier molecular flexibility index (Phi) is 5.72. The SMILES string of the molecule is COc1ccc(S(=O)(=O)N2CCN(c3nc(-c4cc(F)cc(F)c4)cs3)CC2)cc1. The van der Waals surface area contributed by atoms with Crippen molar-refractivity contribution in [2.45, 2.75) is 4.90 Å². The largest absolute Gasteiger partial charge is 0.497 e. The van der Waals surface area contributed by atoms with Crippen molar-refractivity contribution in [3.8, 4) is 17.0 Å². The minimum atomic E-state index is -3.59. The van der Waals surface area contributed by atoms with E-state index in [4.69, 9.17) is 4.74 Å². The van der Waals surface area contributed by atoms with Crippen LogP contribution < -0.4 is 9.64 Å². The Morgan fingerprint density at radius 3 is 2.23 bits per heavy atom. The van der Waals surface area contributed by atoms with E-state index in [0.29, 0.717) is 48.3 Å². The number of benzene rings is 2. The summed E-state index contributed by atoms with van der Waals surface area (Å²) in [6.45, 7) is 1.58. The molecule has 1 fully saturated rings. The highest BCUT2D eigenvalue weighted by atomic mass is 32.2. The fourth-order valence-electron chi connectivity index (χ4n) is 3.26. The molecule has 158 valence electrons. The summed E-state index contributed by atoms with van der Waals surface area (Å²) in [5.41, 5.74) is 0.859. The van der Waals surface area contributed by atoms with Gasteiger partial charge in [-0.25, -0.2) is 22.2 Å².